The van der Waals surface area contributed by atoms with Crippen LogP contribution < -0.4 is 5.32 Å². The molecule has 0 bridgehead atoms. The van der Waals surface area contributed by atoms with E-state index in [1.165, 1.54) is 9.80 Å². The SMILES string of the molecule is O=C(O)CN(CCN(CC(=O)O)CC(=O)O)CCN(CC(=O)O)CC(=O)Nc1ccccc1C(=O)C1C=CC=CC1. The minimum Gasteiger partial charge on any atom is -0.480 e. The maximum atomic E-state index is 13.0. The van der Waals surface area contributed by atoms with Gasteiger partial charge in [0.25, 0.3) is 0 Å². The molecule has 0 spiro atoms. The highest BCUT2D eigenvalue weighted by Crippen LogP contribution is 2.23. The molecule has 1 aromatic carbocycles. The number of Topliss-reactive ketones (excluding diaryl/α,β-unsaturated/α-hetero) is 1. The second-order valence-electron chi connectivity index (χ2n) is 9.39. The van der Waals surface area contributed by atoms with Gasteiger partial charge in [0, 0.05) is 37.7 Å². The Bertz CT molecular complexity index is 1170. The number of hydrogen-bond donors (Lipinski definition) is 5. The Balaban J connectivity index is 2.05. The van der Waals surface area contributed by atoms with E-state index in [0.29, 0.717) is 12.0 Å². The minimum absolute atomic E-state index is 0.00253. The summed E-state index contributed by atoms with van der Waals surface area (Å²) in [6, 6.07) is 6.50. The van der Waals surface area contributed by atoms with Crippen LogP contribution in [0.1, 0.15) is 16.8 Å². The van der Waals surface area contributed by atoms with E-state index < -0.39 is 56.0 Å². The van der Waals surface area contributed by atoms with Crippen LogP contribution in [0.3, 0.4) is 0 Å². The van der Waals surface area contributed by atoms with Gasteiger partial charge in [-0.3, -0.25) is 43.5 Å². The number of rotatable bonds is 19. The molecular formula is C27H34N4O10. The summed E-state index contributed by atoms with van der Waals surface area (Å²) in [5.74, 6) is -6.03. The predicted octanol–water partition coefficient (Wildman–Crippen LogP) is 0.185. The fourth-order valence-corrected chi connectivity index (χ4v) is 4.20. The molecule has 1 aromatic rings. The zero-order valence-corrected chi connectivity index (χ0v) is 22.3. The number of aliphatic carboxylic acids is 4. The summed E-state index contributed by atoms with van der Waals surface area (Å²) in [6.07, 6.45) is 7.80. The second-order valence-corrected chi connectivity index (χ2v) is 9.39. The molecular weight excluding hydrogens is 540 g/mol. The molecule has 41 heavy (non-hydrogen) atoms. The van der Waals surface area contributed by atoms with Crippen molar-refractivity contribution >= 4 is 41.3 Å². The number of nitrogens with zero attached hydrogens (tertiary/aromatic N) is 3. The van der Waals surface area contributed by atoms with E-state index in [4.69, 9.17) is 10.2 Å². The van der Waals surface area contributed by atoms with Crippen LogP contribution >= 0.6 is 0 Å². The number of carboxylic acid groups (broad SMARTS) is 4. The number of carbonyl (C=O) groups is 6. The number of carboxylic acids is 4. The molecule has 14 heteroatoms. The van der Waals surface area contributed by atoms with E-state index >= 15 is 0 Å². The van der Waals surface area contributed by atoms with Gasteiger partial charge < -0.3 is 25.7 Å². The van der Waals surface area contributed by atoms with Crippen LogP contribution in [0.15, 0.2) is 48.6 Å². The first kappa shape index (κ1) is 32.8. The van der Waals surface area contributed by atoms with Crippen molar-refractivity contribution in [2.75, 3.05) is 64.2 Å². The van der Waals surface area contributed by atoms with Gasteiger partial charge in [-0.15, -0.1) is 0 Å². The van der Waals surface area contributed by atoms with Crippen molar-refractivity contribution < 1.29 is 49.2 Å². The molecule has 0 radical (unpaired) electrons. The second kappa shape index (κ2) is 16.6. The maximum absolute atomic E-state index is 13.0. The van der Waals surface area contributed by atoms with E-state index in [0.717, 1.165) is 4.90 Å². The molecule has 0 fully saturated rings. The lowest BCUT2D eigenvalue weighted by Crippen LogP contribution is -2.46. The lowest BCUT2D eigenvalue weighted by atomic mass is 9.91. The van der Waals surface area contributed by atoms with Crippen LogP contribution in [-0.2, 0) is 24.0 Å². The van der Waals surface area contributed by atoms with Crippen molar-refractivity contribution in [1.82, 2.24) is 14.7 Å². The number of amides is 1. The van der Waals surface area contributed by atoms with Crippen molar-refractivity contribution in [3.05, 3.63) is 54.1 Å². The predicted molar refractivity (Wildman–Crippen MR) is 146 cm³/mol. The van der Waals surface area contributed by atoms with Crippen molar-refractivity contribution in [2.45, 2.75) is 6.42 Å². The number of carbonyl (C=O) groups excluding carboxylic acids is 2. The highest BCUT2D eigenvalue weighted by atomic mass is 16.4. The van der Waals surface area contributed by atoms with Gasteiger partial charge in [0.2, 0.25) is 5.91 Å². The molecule has 0 aliphatic heterocycles. The van der Waals surface area contributed by atoms with Crippen molar-refractivity contribution in [3.63, 3.8) is 0 Å². The number of para-hydroxylation sites is 1. The average Bonchev–Trinajstić information content (AvgIpc) is 2.89. The standard InChI is InChI=1S/C27H34N4O10/c32-22(28-21-9-5-4-8-20(21)27(41)19-6-2-1-3-7-19)14-30(16-24(35)36)12-10-29(15-23(33)34)11-13-31(17-25(37)38)18-26(39)40/h1-6,8-9,19H,7,10-18H2,(H,28,32)(H,33,34)(H,35,36)(H,37,38)(H,39,40). The van der Waals surface area contributed by atoms with Crippen LogP contribution in [0.25, 0.3) is 0 Å². The van der Waals surface area contributed by atoms with Gasteiger partial charge in [0.05, 0.1) is 38.4 Å². The number of hydrogen-bond acceptors (Lipinski definition) is 9. The molecule has 0 aromatic heterocycles. The molecule has 2 rings (SSSR count). The fourth-order valence-electron chi connectivity index (χ4n) is 4.20. The topological polar surface area (TPSA) is 205 Å². The van der Waals surface area contributed by atoms with Crippen LogP contribution in [0.2, 0.25) is 0 Å². The molecule has 1 atom stereocenters. The third-order valence-corrected chi connectivity index (χ3v) is 6.05. The van der Waals surface area contributed by atoms with E-state index in [1.54, 1.807) is 36.4 Å². The summed E-state index contributed by atoms with van der Waals surface area (Å²) in [5.41, 5.74) is 0.598. The highest BCUT2D eigenvalue weighted by molar-refractivity contribution is 6.07. The first-order chi connectivity index (χ1) is 19.4. The van der Waals surface area contributed by atoms with Gasteiger partial charge in [0.15, 0.2) is 5.78 Å². The Morgan fingerprint density at radius 3 is 1.68 bits per heavy atom. The smallest absolute Gasteiger partial charge is 0.317 e. The third-order valence-electron chi connectivity index (χ3n) is 6.05. The van der Waals surface area contributed by atoms with Gasteiger partial charge in [-0.25, -0.2) is 0 Å². The van der Waals surface area contributed by atoms with Crippen molar-refractivity contribution in [3.8, 4) is 0 Å². The fraction of sp³-hybridized carbons (Fsp3) is 0.407. The molecule has 1 aliphatic rings. The molecule has 0 saturated heterocycles. The summed E-state index contributed by atoms with van der Waals surface area (Å²) in [6.45, 7) is -2.61. The Morgan fingerprint density at radius 1 is 0.683 bits per heavy atom. The van der Waals surface area contributed by atoms with Crippen molar-refractivity contribution in [1.29, 1.82) is 0 Å². The first-order valence-electron chi connectivity index (χ1n) is 12.7. The molecule has 5 N–H and O–H groups in total. The van der Waals surface area contributed by atoms with Crippen LogP contribution in [0.4, 0.5) is 5.69 Å². The van der Waals surface area contributed by atoms with Gasteiger partial charge in [-0.1, -0.05) is 36.4 Å². The summed E-state index contributed by atoms with van der Waals surface area (Å²) in [4.78, 5) is 74.6. The van der Waals surface area contributed by atoms with E-state index in [2.05, 4.69) is 5.32 Å². The Labute approximate surface area is 236 Å². The molecule has 1 unspecified atom stereocenters. The lowest BCUT2D eigenvalue weighted by Gasteiger charge is -2.27. The molecule has 0 saturated carbocycles. The highest BCUT2D eigenvalue weighted by Gasteiger charge is 2.23. The van der Waals surface area contributed by atoms with Gasteiger partial charge in [-0.2, -0.15) is 0 Å². The zero-order chi connectivity index (χ0) is 30.4. The quantitative estimate of drug-likeness (QED) is 0.140. The average molecular weight is 575 g/mol. The summed E-state index contributed by atoms with van der Waals surface area (Å²) in [5, 5.41) is 39.3. The van der Waals surface area contributed by atoms with Gasteiger partial charge >= 0.3 is 23.9 Å². The normalized spacial score (nSPS) is 14.4. The number of benzene rings is 1. The van der Waals surface area contributed by atoms with Gasteiger partial charge in [-0.05, 0) is 18.6 Å². The zero-order valence-electron chi connectivity index (χ0n) is 22.3. The molecule has 0 heterocycles. The van der Waals surface area contributed by atoms with Crippen LogP contribution in [0.5, 0.6) is 0 Å². The molecule has 1 amide bonds. The molecule has 14 nitrogen and oxygen atoms in total. The first-order valence-corrected chi connectivity index (χ1v) is 12.7. The third kappa shape index (κ3) is 12.5. The van der Waals surface area contributed by atoms with Crippen molar-refractivity contribution in [2.24, 2.45) is 5.92 Å². The number of nitrogens with one attached hydrogen (secondary N) is 1. The number of allylic oxidation sites excluding steroid dienone is 4. The Hall–Kier alpha value is -4.40. The Kier molecular flexibility index (Phi) is 13.3. The van der Waals surface area contributed by atoms with E-state index in [1.807, 2.05) is 12.2 Å². The van der Waals surface area contributed by atoms with Crippen LogP contribution in [0, 0.1) is 5.92 Å². The lowest BCUT2D eigenvalue weighted by molar-refractivity contribution is -0.143. The number of anilines is 1. The van der Waals surface area contributed by atoms with Crippen LogP contribution in [-0.4, -0.2) is 130 Å². The molecule has 222 valence electrons. The summed E-state index contributed by atoms with van der Waals surface area (Å²) in [7, 11) is 0. The summed E-state index contributed by atoms with van der Waals surface area (Å²) >= 11 is 0. The van der Waals surface area contributed by atoms with E-state index in [-0.39, 0.29) is 50.1 Å². The number of ketones is 1. The van der Waals surface area contributed by atoms with Gasteiger partial charge in [0.1, 0.15) is 0 Å². The minimum atomic E-state index is -1.25. The van der Waals surface area contributed by atoms with E-state index in [9.17, 15) is 39.0 Å². The summed E-state index contributed by atoms with van der Waals surface area (Å²) < 4.78 is 0. The molecule has 1 aliphatic carbocycles. The maximum Gasteiger partial charge on any atom is 0.317 e. The largest absolute Gasteiger partial charge is 0.480 e. The Morgan fingerprint density at radius 2 is 1.17 bits per heavy atom. The monoisotopic (exact) mass is 574 g/mol.